The van der Waals surface area contributed by atoms with Gasteiger partial charge in [0.25, 0.3) is 0 Å². The van der Waals surface area contributed by atoms with E-state index < -0.39 is 0 Å². The van der Waals surface area contributed by atoms with Crippen LogP contribution in [0.15, 0.2) is 41.5 Å². The van der Waals surface area contributed by atoms with Crippen molar-refractivity contribution in [3.63, 3.8) is 0 Å². The van der Waals surface area contributed by atoms with Crippen molar-refractivity contribution in [2.75, 3.05) is 36.5 Å². The molecule has 0 spiro atoms. The number of morpholine rings is 1. The standard InChI is InChI=1S/C20H25N5O.HI/c21-20(24-18-7-6-15-3-1-4-16(15)13-18)23-14-17-5-2-8-22-19(17)25-9-11-26-12-10-25;/h2,5-8,13H,1,3-4,9-12,14H2,(H3,21,23,24);1H. The maximum Gasteiger partial charge on any atom is 0.193 e. The molecule has 1 aliphatic carbocycles. The monoisotopic (exact) mass is 479 g/mol. The fraction of sp³-hybridized carbons (Fsp3) is 0.400. The molecule has 0 radical (unpaired) electrons. The molecule has 0 atom stereocenters. The minimum atomic E-state index is 0. The third-order valence-corrected chi connectivity index (χ3v) is 4.97. The Labute approximate surface area is 177 Å². The van der Waals surface area contributed by atoms with Crippen LogP contribution in [-0.4, -0.2) is 37.2 Å². The lowest BCUT2D eigenvalue weighted by Crippen LogP contribution is -2.37. The zero-order valence-electron chi connectivity index (χ0n) is 15.4. The van der Waals surface area contributed by atoms with Gasteiger partial charge in [0, 0.05) is 30.5 Å². The fourth-order valence-corrected chi connectivity index (χ4v) is 3.62. The van der Waals surface area contributed by atoms with E-state index in [1.807, 2.05) is 12.3 Å². The van der Waals surface area contributed by atoms with Crippen LogP contribution in [0.1, 0.15) is 23.1 Å². The van der Waals surface area contributed by atoms with Gasteiger partial charge in [0.15, 0.2) is 5.96 Å². The van der Waals surface area contributed by atoms with Crippen molar-refractivity contribution >= 4 is 41.4 Å². The molecule has 6 nitrogen and oxygen atoms in total. The van der Waals surface area contributed by atoms with Gasteiger partial charge in [-0.3, -0.25) is 0 Å². The number of rotatable bonds is 4. The molecule has 1 saturated heterocycles. The van der Waals surface area contributed by atoms with Crippen LogP contribution in [0, 0.1) is 0 Å². The first-order valence-corrected chi connectivity index (χ1v) is 9.25. The van der Waals surface area contributed by atoms with E-state index in [4.69, 9.17) is 10.5 Å². The third-order valence-electron chi connectivity index (χ3n) is 4.97. The molecule has 1 fully saturated rings. The van der Waals surface area contributed by atoms with E-state index in [0.717, 1.165) is 49.8 Å². The number of pyridine rings is 1. The Bertz CT molecular complexity index is 805. The Balaban J connectivity index is 0.00000210. The summed E-state index contributed by atoms with van der Waals surface area (Å²) in [7, 11) is 0. The number of fused-ring (bicyclic) bond motifs is 1. The summed E-state index contributed by atoms with van der Waals surface area (Å²) in [4.78, 5) is 11.3. The summed E-state index contributed by atoms with van der Waals surface area (Å²) in [5, 5.41) is 3.21. The number of aliphatic imine (C=N–C) groups is 1. The molecule has 0 amide bonds. The summed E-state index contributed by atoms with van der Waals surface area (Å²) in [6.45, 7) is 3.69. The molecule has 4 rings (SSSR count). The van der Waals surface area contributed by atoms with Crippen molar-refractivity contribution in [1.82, 2.24) is 4.98 Å². The average molecular weight is 479 g/mol. The van der Waals surface area contributed by atoms with Crippen molar-refractivity contribution in [2.24, 2.45) is 10.7 Å². The first-order valence-electron chi connectivity index (χ1n) is 9.25. The predicted octanol–water partition coefficient (Wildman–Crippen LogP) is 2.95. The Kier molecular flexibility index (Phi) is 6.89. The lowest BCUT2D eigenvalue weighted by atomic mass is 10.1. The van der Waals surface area contributed by atoms with Crippen LogP contribution < -0.4 is 16.0 Å². The van der Waals surface area contributed by atoms with Crippen LogP contribution in [0.4, 0.5) is 11.5 Å². The molecule has 2 heterocycles. The smallest absolute Gasteiger partial charge is 0.193 e. The molecular weight excluding hydrogens is 453 g/mol. The number of nitrogens with two attached hydrogens (primary N) is 1. The molecule has 2 aliphatic rings. The zero-order chi connectivity index (χ0) is 17.8. The lowest BCUT2D eigenvalue weighted by Gasteiger charge is -2.29. The number of halogens is 1. The van der Waals surface area contributed by atoms with E-state index >= 15 is 0 Å². The van der Waals surface area contributed by atoms with Crippen LogP contribution in [0.3, 0.4) is 0 Å². The highest BCUT2D eigenvalue weighted by Crippen LogP contribution is 2.25. The maximum absolute atomic E-state index is 6.11. The molecule has 0 bridgehead atoms. The average Bonchev–Trinajstić information content (AvgIpc) is 3.15. The molecule has 0 unspecified atom stereocenters. The molecule has 1 aromatic heterocycles. The second-order valence-corrected chi connectivity index (χ2v) is 6.75. The molecular formula is C20H26IN5O. The molecule has 1 aliphatic heterocycles. The van der Waals surface area contributed by atoms with Crippen LogP contribution >= 0.6 is 24.0 Å². The van der Waals surface area contributed by atoms with Gasteiger partial charge in [-0.15, -0.1) is 24.0 Å². The molecule has 27 heavy (non-hydrogen) atoms. The van der Waals surface area contributed by atoms with Crippen molar-refractivity contribution in [1.29, 1.82) is 0 Å². The Morgan fingerprint density at radius 3 is 2.85 bits per heavy atom. The third kappa shape index (κ3) is 4.90. The fourth-order valence-electron chi connectivity index (χ4n) is 3.62. The first-order chi connectivity index (χ1) is 12.8. The van der Waals surface area contributed by atoms with E-state index in [1.54, 1.807) is 0 Å². The van der Waals surface area contributed by atoms with Gasteiger partial charge in [-0.2, -0.15) is 0 Å². The summed E-state index contributed by atoms with van der Waals surface area (Å²) in [6, 6.07) is 10.5. The highest BCUT2D eigenvalue weighted by Gasteiger charge is 2.15. The van der Waals surface area contributed by atoms with Crippen molar-refractivity contribution in [3.05, 3.63) is 53.2 Å². The largest absolute Gasteiger partial charge is 0.378 e. The number of nitrogens with one attached hydrogen (secondary N) is 1. The van der Waals surface area contributed by atoms with Crippen LogP contribution in [0.25, 0.3) is 0 Å². The second kappa shape index (κ2) is 9.36. The lowest BCUT2D eigenvalue weighted by molar-refractivity contribution is 0.122. The molecule has 144 valence electrons. The van der Waals surface area contributed by atoms with Crippen LogP contribution in [-0.2, 0) is 24.1 Å². The van der Waals surface area contributed by atoms with Gasteiger partial charge in [0.05, 0.1) is 19.8 Å². The summed E-state index contributed by atoms with van der Waals surface area (Å²) in [5.74, 6) is 1.41. The van der Waals surface area contributed by atoms with E-state index in [-0.39, 0.29) is 24.0 Å². The highest BCUT2D eigenvalue weighted by atomic mass is 127. The number of benzene rings is 1. The number of guanidine groups is 1. The van der Waals surface area contributed by atoms with Crippen molar-refractivity contribution in [3.8, 4) is 0 Å². The van der Waals surface area contributed by atoms with Gasteiger partial charge >= 0.3 is 0 Å². The van der Waals surface area contributed by atoms with E-state index in [2.05, 4.69) is 44.5 Å². The van der Waals surface area contributed by atoms with Gasteiger partial charge in [-0.05, 0) is 48.6 Å². The zero-order valence-corrected chi connectivity index (χ0v) is 17.7. The van der Waals surface area contributed by atoms with Gasteiger partial charge < -0.3 is 20.7 Å². The summed E-state index contributed by atoms with van der Waals surface area (Å²) in [5.41, 5.74) is 11.1. The van der Waals surface area contributed by atoms with Gasteiger partial charge in [-0.25, -0.2) is 9.98 Å². The van der Waals surface area contributed by atoms with E-state index in [1.165, 1.54) is 24.0 Å². The Morgan fingerprint density at radius 2 is 2.00 bits per heavy atom. The Hall–Kier alpha value is -1.87. The normalized spacial score (nSPS) is 16.6. The molecule has 3 N–H and O–H groups in total. The van der Waals surface area contributed by atoms with Gasteiger partial charge in [0.2, 0.25) is 0 Å². The number of ether oxygens (including phenoxy) is 1. The molecule has 0 saturated carbocycles. The minimum absolute atomic E-state index is 0. The number of hydrogen-bond acceptors (Lipinski definition) is 4. The van der Waals surface area contributed by atoms with Gasteiger partial charge in [0.1, 0.15) is 5.82 Å². The second-order valence-electron chi connectivity index (χ2n) is 6.75. The van der Waals surface area contributed by atoms with Crippen molar-refractivity contribution in [2.45, 2.75) is 25.8 Å². The first kappa shape index (κ1) is 19.9. The van der Waals surface area contributed by atoms with Crippen LogP contribution in [0.2, 0.25) is 0 Å². The van der Waals surface area contributed by atoms with Crippen LogP contribution in [0.5, 0.6) is 0 Å². The number of hydrogen-bond donors (Lipinski definition) is 2. The van der Waals surface area contributed by atoms with E-state index in [0.29, 0.717) is 12.5 Å². The topological polar surface area (TPSA) is 75.8 Å². The van der Waals surface area contributed by atoms with Gasteiger partial charge in [-0.1, -0.05) is 12.1 Å². The number of nitrogens with zero attached hydrogens (tertiary/aromatic N) is 3. The number of aryl methyl sites for hydroxylation is 2. The van der Waals surface area contributed by atoms with E-state index in [9.17, 15) is 0 Å². The summed E-state index contributed by atoms with van der Waals surface area (Å²) in [6.07, 6.45) is 5.41. The summed E-state index contributed by atoms with van der Waals surface area (Å²) < 4.78 is 5.43. The SMILES string of the molecule is I.NC(=NCc1cccnc1N1CCOCC1)Nc1ccc2c(c1)CCC2. The highest BCUT2D eigenvalue weighted by molar-refractivity contribution is 14.0. The summed E-state index contributed by atoms with van der Waals surface area (Å²) >= 11 is 0. The predicted molar refractivity (Wildman–Crippen MR) is 120 cm³/mol. The molecule has 2 aromatic rings. The molecule has 7 heteroatoms. The maximum atomic E-state index is 6.11. The Morgan fingerprint density at radius 1 is 1.19 bits per heavy atom. The quantitative estimate of drug-likeness (QED) is 0.401. The number of aromatic nitrogens is 1. The van der Waals surface area contributed by atoms with Crippen molar-refractivity contribution < 1.29 is 4.74 Å². The molecule has 1 aromatic carbocycles. The minimum Gasteiger partial charge on any atom is -0.378 e. The number of anilines is 2.